The fraction of sp³-hybridized carbons (Fsp3) is 0.250. The molecule has 0 fully saturated rings. The molecule has 2 aromatic rings. The van der Waals surface area contributed by atoms with Crippen LogP contribution in [0.5, 0.6) is 0 Å². The Labute approximate surface area is 157 Å². The van der Waals surface area contributed by atoms with E-state index in [0.717, 1.165) is 0 Å². The van der Waals surface area contributed by atoms with E-state index in [0.29, 0.717) is 22.4 Å². The molecule has 0 saturated carbocycles. The van der Waals surface area contributed by atoms with Crippen LogP contribution in [0.2, 0.25) is 0 Å². The van der Waals surface area contributed by atoms with Crippen molar-refractivity contribution in [3.8, 4) is 0 Å². The van der Waals surface area contributed by atoms with E-state index in [1.165, 1.54) is 19.2 Å². The Kier molecular flexibility index (Phi) is 6.67. The molecule has 2 amide bonds. The maximum absolute atomic E-state index is 12.4. The predicted molar refractivity (Wildman–Crippen MR) is 101 cm³/mol. The van der Waals surface area contributed by atoms with E-state index in [4.69, 9.17) is 4.74 Å². The Hall–Kier alpha value is -3.19. The molecule has 0 aliphatic rings. The number of rotatable bonds is 7. The first-order valence-electron chi connectivity index (χ1n) is 8.38. The lowest BCUT2D eigenvalue weighted by molar-refractivity contribution is 0.0696. The summed E-state index contributed by atoms with van der Waals surface area (Å²) in [7, 11) is 1.50. The summed E-state index contributed by atoms with van der Waals surface area (Å²) >= 11 is 0. The van der Waals surface area contributed by atoms with Crippen molar-refractivity contribution in [1.29, 1.82) is 0 Å². The molecule has 0 radical (unpaired) electrons. The summed E-state index contributed by atoms with van der Waals surface area (Å²) in [5, 5.41) is 14.7. The van der Waals surface area contributed by atoms with Crippen LogP contribution in [0.25, 0.3) is 0 Å². The van der Waals surface area contributed by atoms with E-state index < -0.39 is 11.9 Å². The minimum absolute atomic E-state index is 0.0169. The highest BCUT2D eigenvalue weighted by molar-refractivity contribution is 6.05. The van der Waals surface area contributed by atoms with Gasteiger partial charge in [0, 0.05) is 30.0 Å². The van der Waals surface area contributed by atoms with Crippen LogP contribution >= 0.6 is 0 Å². The molecule has 0 bridgehead atoms. The van der Waals surface area contributed by atoms with Gasteiger partial charge in [0.15, 0.2) is 0 Å². The SMILES string of the molecule is COCc1cc(NC(=O)c2ccc(C(=O)NC(C)C)cc2)cc(C(=O)O)c1. The van der Waals surface area contributed by atoms with Crippen molar-refractivity contribution in [3.63, 3.8) is 0 Å². The Bertz CT molecular complexity index is 844. The molecule has 7 heteroatoms. The third kappa shape index (κ3) is 5.65. The number of ether oxygens (including phenoxy) is 1. The van der Waals surface area contributed by atoms with E-state index in [2.05, 4.69) is 10.6 Å². The van der Waals surface area contributed by atoms with Gasteiger partial charge in [0.2, 0.25) is 0 Å². The van der Waals surface area contributed by atoms with Crippen molar-refractivity contribution in [3.05, 3.63) is 64.7 Å². The van der Waals surface area contributed by atoms with Crippen LogP contribution in [0.3, 0.4) is 0 Å². The van der Waals surface area contributed by atoms with Crippen molar-refractivity contribution in [1.82, 2.24) is 5.32 Å². The number of carbonyl (C=O) groups is 3. The van der Waals surface area contributed by atoms with Crippen LogP contribution < -0.4 is 10.6 Å². The monoisotopic (exact) mass is 370 g/mol. The maximum Gasteiger partial charge on any atom is 0.335 e. The average molecular weight is 370 g/mol. The summed E-state index contributed by atoms with van der Waals surface area (Å²) in [6, 6.07) is 10.8. The van der Waals surface area contributed by atoms with Gasteiger partial charge < -0.3 is 20.5 Å². The number of carboxylic acid groups (broad SMARTS) is 1. The average Bonchev–Trinajstić information content (AvgIpc) is 2.61. The number of benzene rings is 2. The van der Waals surface area contributed by atoms with Crippen molar-refractivity contribution in [2.45, 2.75) is 26.5 Å². The molecule has 0 spiro atoms. The van der Waals surface area contributed by atoms with E-state index in [1.807, 2.05) is 13.8 Å². The maximum atomic E-state index is 12.4. The molecule has 0 unspecified atom stereocenters. The first kappa shape index (κ1) is 20.1. The zero-order chi connectivity index (χ0) is 20.0. The molecular weight excluding hydrogens is 348 g/mol. The standard InChI is InChI=1S/C20H22N2O5/c1-12(2)21-18(23)14-4-6-15(7-5-14)19(24)22-17-9-13(11-27-3)8-16(10-17)20(25)26/h4-10,12H,11H2,1-3H3,(H,21,23)(H,22,24)(H,25,26). The second-order valence-electron chi connectivity index (χ2n) is 6.32. The van der Waals surface area contributed by atoms with Crippen molar-refractivity contribution in [2.75, 3.05) is 12.4 Å². The molecular formula is C20H22N2O5. The van der Waals surface area contributed by atoms with Crippen molar-refractivity contribution >= 4 is 23.5 Å². The van der Waals surface area contributed by atoms with Gasteiger partial charge in [-0.2, -0.15) is 0 Å². The highest BCUT2D eigenvalue weighted by atomic mass is 16.5. The van der Waals surface area contributed by atoms with Gasteiger partial charge in [-0.15, -0.1) is 0 Å². The Morgan fingerprint density at radius 2 is 1.56 bits per heavy atom. The molecule has 0 heterocycles. The zero-order valence-electron chi connectivity index (χ0n) is 15.4. The summed E-state index contributed by atoms with van der Waals surface area (Å²) in [5.41, 5.74) is 1.85. The minimum atomic E-state index is -1.09. The summed E-state index contributed by atoms with van der Waals surface area (Å²) in [6.45, 7) is 3.95. The highest BCUT2D eigenvalue weighted by Crippen LogP contribution is 2.17. The molecule has 0 aliphatic heterocycles. The predicted octanol–water partition coefficient (Wildman–Crippen LogP) is 2.92. The number of anilines is 1. The third-order valence-corrected chi connectivity index (χ3v) is 3.64. The van der Waals surface area contributed by atoms with Crippen LogP contribution in [-0.4, -0.2) is 36.0 Å². The van der Waals surface area contributed by atoms with Gasteiger partial charge >= 0.3 is 5.97 Å². The van der Waals surface area contributed by atoms with Gasteiger partial charge in [0.05, 0.1) is 12.2 Å². The number of amides is 2. The zero-order valence-corrected chi connectivity index (χ0v) is 15.4. The Morgan fingerprint density at radius 1 is 0.963 bits per heavy atom. The first-order chi connectivity index (χ1) is 12.8. The summed E-state index contributed by atoms with van der Waals surface area (Å²) in [6.07, 6.45) is 0. The number of carbonyl (C=O) groups excluding carboxylic acids is 2. The largest absolute Gasteiger partial charge is 0.478 e. The van der Waals surface area contributed by atoms with Gasteiger partial charge in [-0.05, 0) is 61.9 Å². The molecule has 2 aromatic carbocycles. The van der Waals surface area contributed by atoms with E-state index in [1.54, 1.807) is 30.3 Å². The molecule has 0 atom stereocenters. The first-order valence-corrected chi connectivity index (χ1v) is 8.38. The van der Waals surface area contributed by atoms with E-state index in [9.17, 15) is 19.5 Å². The molecule has 2 rings (SSSR count). The Balaban J connectivity index is 2.17. The molecule has 27 heavy (non-hydrogen) atoms. The van der Waals surface area contributed by atoms with Gasteiger partial charge in [0.25, 0.3) is 11.8 Å². The van der Waals surface area contributed by atoms with Crippen LogP contribution in [0.1, 0.15) is 50.5 Å². The smallest absolute Gasteiger partial charge is 0.335 e. The van der Waals surface area contributed by atoms with Crippen LogP contribution in [0, 0.1) is 0 Å². The van der Waals surface area contributed by atoms with Crippen molar-refractivity contribution < 1.29 is 24.2 Å². The minimum Gasteiger partial charge on any atom is -0.478 e. The normalized spacial score (nSPS) is 10.5. The second kappa shape index (κ2) is 8.95. The number of methoxy groups -OCH3 is 1. The highest BCUT2D eigenvalue weighted by Gasteiger charge is 2.12. The molecule has 142 valence electrons. The number of carboxylic acids is 1. The van der Waals surface area contributed by atoms with Crippen molar-refractivity contribution in [2.24, 2.45) is 0 Å². The summed E-state index contributed by atoms with van der Waals surface area (Å²) in [4.78, 5) is 35.6. The molecule has 3 N–H and O–H groups in total. The number of nitrogens with one attached hydrogen (secondary N) is 2. The number of hydrogen-bond donors (Lipinski definition) is 3. The van der Waals surface area contributed by atoms with Gasteiger partial charge in [-0.3, -0.25) is 9.59 Å². The van der Waals surface area contributed by atoms with E-state index in [-0.39, 0.29) is 24.1 Å². The summed E-state index contributed by atoms with van der Waals surface area (Å²) in [5.74, 6) is -1.71. The quantitative estimate of drug-likeness (QED) is 0.695. The topological polar surface area (TPSA) is 105 Å². The summed E-state index contributed by atoms with van der Waals surface area (Å²) < 4.78 is 5.03. The lowest BCUT2D eigenvalue weighted by Gasteiger charge is -2.10. The molecule has 0 aromatic heterocycles. The fourth-order valence-electron chi connectivity index (χ4n) is 2.46. The third-order valence-electron chi connectivity index (χ3n) is 3.64. The lowest BCUT2D eigenvalue weighted by Crippen LogP contribution is -2.30. The Morgan fingerprint density at radius 3 is 2.07 bits per heavy atom. The van der Waals surface area contributed by atoms with Crippen LogP contribution in [0.4, 0.5) is 5.69 Å². The second-order valence-corrected chi connectivity index (χ2v) is 6.32. The fourth-order valence-corrected chi connectivity index (χ4v) is 2.46. The molecule has 0 saturated heterocycles. The molecule has 0 aliphatic carbocycles. The van der Waals surface area contributed by atoms with Gasteiger partial charge in [-0.25, -0.2) is 4.79 Å². The number of aromatic carboxylic acids is 1. The van der Waals surface area contributed by atoms with Crippen LogP contribution in [-0.2, 0) is 11.3 Å². The van der Waals surface area contributed by atoms with E-state index >= 15 is 0 Å². The van der Waals surface area contributed by atoms with Gasteiger partial charge in [0.1, 0.15) is 0 Å². The van der Waals surface area contributed by atoms with Crippen LogP contribution in [0.15, 0.2) is 42.5 Å². The van der Waals surface area contributed by atoms with Gasteiger partial charge in [-0.1, -0.05) is 0 Å². The molecule has 7 nitrogen and oxygen atoms in total. The lowest BCUT2D eigenvalue weighted by atomic mass is 10.1. The number of hydrogen-bond acceptors (Lipinski definition) is 4.